The Balaban J connectivity index is 1.66. The molecular weight excluding hydrogens is 396 g/mol. The van der Waals surface area contributed by atoms with E-state index >= 15 is 0 Å². The number of carbonyl (C=O) groups excluding carboxylic acids is 1. The van der Waals surface area contributed by atoms with Crippen LogP contribution in [0.15, 0.2) is 79.0 Å². The van der Waals surface area contributed by atoms with Crippen LogP contribution in [0.4, 0.5) is 0 Å². The predicted molar refractivity (Wildman–Crippen MR) is 122 cm³/mol. The fraction of sp³-hybridized carbons (Fsp3) is 0.160. The lowest BCUT2D eigenvalue weighted by Gasteiger charge is -2.20. The molecule has 0 unspecified atom stereocenters. The molecule has 4 rings (SSSR count). The first-order valence-corrected chi connectivity index (χ1v) is 10.4. The summed E-state index contributed by atoms with van der Waals surface area (Å²) >= 11 is 6.54. The highest BCUT2D eigenvalue weighted by atomic mass is 35.5. The second-order valence-corrected chi connectivity index (χ2v) is 7.41. The molecule has 1 amide bonds. The highest BCUT2D eigenvalue weighted by molar-refractivity contribution is 6.31. The maximum atomic E-state index is 13.0. The number of amides is 1. The number of hydrogen-bond acceptors (Lipinski definition) is 2. The van der Waals surface area contributed by atoms with Gasteiger partial charge in [-0.1, -0.05) is 60.1 Å². The molecule has 0 spiro atoms. The minimum absolute atomic E-state index is 0.0990. The van der Waals surface area contributed by atoms with Gasteiger partial charge in [0.15, 0.2) is 0 Å². The Morgan fingerprint density at radius 2 is 1.73 bits per heavy atom. The van der Waals surface area contributed by atoms with E-state index in [4.69, 9.17) is 16.3 Å². The Labute approximate surface area is 180 Å². The zero-order valence-corrected chi connectivity index (χ0v) is 17.4. The fourth-order valence-electron chi connectivity index (χ4n) is 3.75. The van der Waals surface area contributed by atoms with Gasteiger partial charge in [-0.2, -0.15) is 0 Å². The van der Waals surface area contributed by atoms with Crippen molar-refractivity contribution in [2.45, 2.75) is 12.8 Å². The molecule has 0 aliphatic carbocycles. The van der Waals surface area contributed by atoms with Crippen LogP contribution in [-0.4, -0.2) is 24.0 Å². The normalized spacial score (nSPS) is 11.9. The van der Waals surface area contributed by atoms with Crippen LogP contribution in [0, 0.1) is 0 Å². The van der Waals surface area contributed by atoms with Gasteiger partial charge >= 0.3 is 0 Å². The predicted octanol–water partition coefficient (Wildman–Crippen LogP) is 5.78. The molecule has 1 aromatic heterocycles. The van der Waals surface area contributed by atoms with Crippen LogP contribution in [0.3, 0.4) is 0 Å². The van der Waals surface area contributed by atoms with E-state index < -0.39 is 0 Å². The minimum atomic E-state index is -0.170. The van der Waals surface area contributed by atoms with Crippen LogP contribution < -0.4 is 10.1 Å². The summed E-state index contributed by atoms with van der Waals surface area (Å²) in [6.45, 7) is 2.81. The van der Waals surface area contributed by atoms with Crippen molar-refractivity contribution in [3.05, 3.63) is 101 Å². The Hall–Kier alpha value is -3.24. The van der Waals surface area contributed by atoms with Crippen LogP contribution in [-0.2, 0) is 0 Å². The third-order valence-electron chi connectivity index (χ3n) is 5.18. The van der Waals surface area contributed by atoms with Crippen molar-refractivity contribution in [1.29, 1.82) is 0 Å². The Morgan fingerprint density at radius 3 is 2.57 bits per heavy atom. The van der Waals surface area contributed by atoms with Gasteiger partial charge < -0.3 is 15.0 Å². The molecule has 0 fully saturated rings. The van der Waals surface area contributed by atoms with Gasteiger partial charge in [0.25, 0.3) is 5.91 Å². The molecule has 1 heterocycles. The van der Waals surface area contributed by atoms with E-state index in [9.17, 15) is 4.79 Å². The zero-order valence-electron chi connectivity index (χ0n) is 16.7. The van der Waals surface area contributed by atoms with E-state index in [-0.39, 0.29) is 11.8 Å². The largest absolute Gasteiger partial charge is 0.493 e. The molecule has 0 saturated heterocycles. The number of aromatic nitrogens is 1. The molecule has 4 nitrogen and oxygen atoms in total. The van der Waals surface area contributed by atoms with Crippen molar-refractivity contribution in [1.82, 2.24) is 10.3 Å². The van der Waals surface area contributed by atoms with E-state index in [1.54, 1.807) is 6.07 Å². The fourth-order valence-corrected chi connectivity index (χ4v) is 4.02. The Morgan fingerprint density at radius 1 is 1.00 bits per heavy atom. The van der Waals surface area contributed by atoms with E-state index in [0.29, 0.717) is 29.5 Å². The third-order valence-corrected chi connectivity index (χ3v) is 5.52. The summed E-state index contributed by atoms with van der Waals surface area (Å²) in [4.78, 5) is 16.3. The summed E-state index contributed by atoms with van der Waals surface area (Å²) in [5.74, 6) is 0.313. The number of ether oxygens (including phenoxy) is 1. The Bertz CT molecular complexity index is 1170. The summed E-state index contributed by atoms with van der Waals surface area (Å²) in [6.07, 6.45) is 2.00. The number of H-pyrrole nitrogens is 1. The molecule has 3 aromatic carbocycles. The number of para-hydroxylation sites is 2. The molecule has 0 aliphatic rings. The molecule has 5 heteroatoms. The molecule has 0 radical (unpaired) electrons. The van der Waals surface area contributed by atoms with Crippen molar-refractivity contribution in [3.8, 4) is 5.75 Å². The summed E-state index contributed by atoms with van der Waals surface area (Å²) in [5.41, 5.74) is 3.65. The van der Waals surface area contributed by atoms with Gasteiger partial charge in [-0.05, 0) is 42.3 Å². The second kappa shape index (κ2) is 9.06. The SMILES string of the molecule is CCOc1ccccc1C(=O)NC[C@@H](c1ccccc1Cl)c1c[nH]c2ccccc12. The summed E-state index contributed by atoms with van der Waals surface area (Å²) < 4.78 is 5.61. The summed E-state index contributed by atoms with van der Waals surface area (Å²) in [5, 5.41) is 4.88. The zero-order chi connectivity index (χ0) is 20.9. The van der Waals surface area contributed by atoms with Crippen molar-refractivity contribution in [2.75, 3.05) is 13.2 Å². The average molecular weight is 419 g/mol. The molecule has 152 valence electrons. The number of halogens is 1. The van der Waals surface area contributed by atoms with Gasteiger partial charge in [0.1, 0.15) is 5.75 Å². The number of fused-ring (bicyclic) bond motifs is 1. The number of hydrogen-bond donors (Lipinski definition) is 2. The lowest BCUT2D eigenvalue weighted by Crippen LogP contribution is -2.29. The number of benzene rings is 3. The van der Waals surface area contributed by atoms with Crippen molar-refractivity contribution >= 4 is 28.4 Å². The number of aromatic amines is 1. The molecule has 0 bridgehead atoms. The quantitative estimate of drug-likeness (QED) is 0.399. The number of rotatable bonds is 7. The van der Waals surface area contributed by atoms with Gasteiger partial charge in [-0.25, -0.2) is 0 Å². The smallest absolute Gasteiger partial charge is 0.255 e. The number of nitrogens with one attached hydrogen (secondary N) is 2. The Kier molecular flexibility index (Phi) is 6.05. The molecule has 4 aromatic rings. The maximum Gasteiger partial charge on any atom is 0.255 e. The van der Waals surface area contributed by atoms with Crippen LogP contribution in [0.25, 0.3) is 10.9 Å². The van der Waals surface area contributed by atoms with Gasteiger partial charge in [-0.15, -0.1) is 0 Å². The highest BCUT2D eigenvalue weighted by Crippen LogP contribution is 2.34. The maximum absolute atomic E-state index is 13.0. The lowest BCUT2D eigenvalue weighted by atomic mass is 9.90. The van der Waals surface area contributed by atoms with Gasteiger partial charge in [0, 0.05) is 34.6 Å². The summed E-state index contributed by atoms with van der Waals surface area (Å²) in [7, 11) is 0. The molecular formula is C25H23ClN2O2. The second-order valence-electron chi connectivity index (χ2n) is 7.00. The molecule has 1 atom stereocenters. The molecule has 30 heavy (non-hydrogen) atoms. The monoisotopic (exact) mass is 418 g/mol. The molecule has 0 saturated carbocycles. The van der Waals surface area contributed by atoms with E-state index in [2.05, 4.69) is 16.4 Å². The van der Waals surface area contributed by atoms with E-state index in [0.717, 1.165) is 22.0 Å². The highest BCUT2D eigenvalue weighted by Gasteiger charge is 2.22. The lowest BCUT2D eigenvalue weighted by molar-refractivity contribution is 0.0948. The van der Waals surface area contributed by atoms with Crippen molar-refractivity contribution < 1.29 is 9.53 Å². The molecule has 0 aliphatic heterocycles. The van der Waals surface area contributed by atoms with Crippen LogP contribution in [0.2, 0.25) is 5.02 Å². The number of carbonyl (C=O) groups is 1. The van der Waals surface area contributed by atoms with Gasteiger partial charge in [0.2, 0.25) is 0 Å². The topological polar surface area (TPSA) is 54.1 Å². The first-order valence-electron chi connectivity index (χ1n) is 9.99. The van der Waals surface area contributed by atoms with Crippen LogP contribution in [0.5, 0.6) is 5.75 Å². The van der Waals surface area contributed by atoms with Crippen LogP contribution >= 0.6 is 11.6 Å². The van der Waals surface area contributed by atoms with Gasteiger partial charge in [0.05, 0.1) is 12.2 Å². The van der Waals surface area contributed by atoms with Crippen molar-refractivity contribution in [2.24, 2.45) is 0 Å². The standard InChI is InChI=1S/C25H23ClN2O2/c1-2-30-24-14-8-5-11-19(24)25(29)28-16-20(17-9-3-6-12-22(17)26)21-15-27-23-13-7-4-10-18(21)23/h3-15,20,27H,2,16H2,1H3,(H,28,29)/t20-/m0/s1. The van der Waals surface area contributed by atoms with Gasteiger partial charge in [-0.3, -0.25) is 4.79 Å². The minimum Gasteiger partial charge on any atom is -0.493 e. The average Bonchev–Trinajstić information content (AvgIpc) is 3.20. The van der Waals surface area contributed by atoms with E-state index in [1.165, 1.54) is 0 Å². The summed E-state index contributed by atoms with van der Waals surface area (Å²) in [6, 6.07) is 23.2. The van der Waals surface area contributed by atoms with Crippen molar-refractivity contribution in [3.63, 3.8) is 0 Å². The molecule has 2 N–H and O–H groups in total. The first kappa shape index (κ1) is 20.0. The van der Waals surface area contributed by atoms with E-state index in [1.807, 2.05) is 73.8 Å². The first-order chi connectivity index (χ1) is 14.7. The third kappa shape index (κ3) is 4.05. The van der Waals surface area contributed by atoms with Crippen LogP contribution in [0.1, 0.15) is 34.3 Å².